The van der Waals surface area contributed by atoms with Crippen LogP contribution in [0.25, 0.3) is 0 Å². The number of amides is 2. The summed E-state index contributed by atoms with van der Waals surface area (Å²) in [5.41, 5.74) is 0.0934. The average molecular weight is 294 g/mol. The summed E-state index contributed by atoms with van der Waals surface area (Å²) >= 11 is 0. The molecule has 1 aromatic rings. The van der Waals surface area contributed by atoms with Gasteiger partial charge in [0.05, 0.1) is 0 Å². The van der Waals surface area contributed by atoms with Gasteiger partial charge in [0.15, 0.2) is 11.6 Å². The van der Waals surface area contributed by atoms with Crippen LogP contribution in [0.1, 0.15) is 25.3 Å². The highest BCUT2D eigenvalue weighted by molar-refractivity contribution is 5.97. The van der Waals surface area contributed by atoms with Crippen LogP contribution < -0.4 is 5.32 Å². The molecule has 3 rings (SSSR count). The maximum absolute atomic E-state index is 13.8. The van der Waals surface area contributed by atoms with Crippen molar-refractivity contribution in [3.8, 4) is 0 Å². The first-order chi connectivity index (χ1) is 9.99. The zero-order valence-corrected chi connectivity index (χ0v) is 11.6. The first kappa shape index (κ1) is 14.0. The lowest BCUT2D eigenvalue weighted by molar-refractivity contribution is -0.150. The van der Waals surface area contributed by atoms with Crippen LogP contribution in [0, 0.1) is 17.6 Å². The molecular formula is C15H16F2N2O2. The molecule has 6 heteroatoms. The number of hydrogen-bond donors (Lipinski definition) is 1. The maximum Gasteiger partial charge on any atom is 0.245 e. The Labute approximate surface area is 121 Å². The summed E-state index contributed by atoms with van der Waals surface area (Å²) in [5, 5.41) is 2.64. The largest absolute Gasteiger partial charge is 0.343 e. The molecule has 1 heterocycles. The van der Waals surface area contributed by atoms with Crippen molar-refractivity contribution in [1.82, 2.24) is 10.2 Å². The van der Waals surface area contributed by atoms with Gasteiger partial charge in [-0.3, -0.25) is 9.59 Å². The highest BCUT2D eigenvalue weighted by Gasteiger charge is 2.46. The molecule has 0 spiro atoms. The van der Waals surface area contributed by atoms with E-state index in [0.29, 0.717) is 0 Å². The summed E-state index contributed by atoms with van der Waals surface area (Å²) in [7, 11) is 0. The molecule has 1 aliphatic carbocycles. The van der Waals surface area contributed by atoms with E-state index in [9.17, 15) is 18.4 Å². The van der Waals surface area contributed by atoms with Gasteiger partial charge in [-0.1, -0.05) is 12.1 Å². The van der Waals surface area contributed by atoms with Crippen LogP contribution in [0.2, 0.25) is 0 Å². The molecule has 4 nitrogen and oxygen atoms in total. The summed E-state index contributed by atoms with van der Waals surface area (Å²) in [6.45, 7) is 1.51. The highest BCUT2D eigenvalue weighted by Crippen LogP contribution is 2.37. The average Bonchev–Trinajstić information content (AvgIpc) is 3.25. The lowest BCUT2D eigenvalue weighted by Crippen LogP contribution is -2.62. The zero-order chi connectivity index (χ0) is 15.1. The summed E-state index contributed by atoms with van der Waals surface area (Å²) in [6, 6.07) is 2.66. The topological polar surface area (TPSA) is 49.4 Å². The predicted octanol–water partition coefficient (Wildman–Crippen LogP) is 1.59. The first-order valence-corrected chi connectivity index (χ1v) is 7.03. The Morgan fingerprint density at radius 1 is 1.29 bits per heavy atom. The fourth-order valence-electron chi connectivity index (χ4n) is 2.80. The minimum Gasteiger partial charge on any atom is -0.343 e. The summed E-state index contributed by atoms with van der Waals surface area (Å²) in [5.74, 6) is -2.24. The third kappa shape index (κ3) is 2.50. The van der Waals surface area contributed by atoms with E-state index in [-0.39, 0.29) is 29.8 Å². The number of carbonyl (C=O) groups excluding carboxylic acids is 2. The third-order valence-corrected chi connectivity index (χ3v) is 4.06. The van der Waals surface area contributed by atoms with E-state index in [1.165, 1.54) is 17.0 Å². The minimum absolute atomic E-state index is 0.0820. The van der Waals surface area contributed by atoms with Crippen LogP contribution in [0.15, 0.2) is 18.2 Å². The second kappa shape index (κ2) is 5.09. The van der Waals surface area contributed by atoms with Gasteiger partial charge in [0.25, 0.3) is 0 Å². The number of nitrogens with one attached hydrogen (secondary N) is 1. The van der Waals surface area contributed by atoms with Gasteiger partial charge in [0, 0.05) is 12.1 Å². The maximum atomic E-state index is 13.8. The zero-order valence-electron chi connectivity index (χ0n) is 11.6. The van der Waals surface area contributed by atoms with E-state index in [2.05, 4.69) is 5.32 Å². The van der Waals surface area contributed by atoms with Crippen LogP contribution in [-0.2, 0) is 16.1 Å². The molecule has 2 aliphatic rings. The molecule has 1 saturated carbocycles. The summed E-state index contributed by atoms with van der Waals surface area (Å²) in [4.78, 5) is 25.8. The van der Waals surface area contributed by atoms with Crippen molar-refractivity contribution >= 4 is 11.8 Å². The fourth-order valence-corrected chi connectivity index (χ4v) is 2.80. The Bertz CT molecular complexity index is 601. The van der Waals surface area contributed by atoms with Gasteiger partial charge < -0.3 is 10.2 Å². The number of hydrogen-bond acceptors (Lipinski definition) is 2. The summed E-state index contributed by atoms with van der Waals surface area (Å²) in [6.07, 6.45) is 1.75. The Morgan fingerprint density at radius 3 is 2.67 bits per heavy atom. The fraction of sp³-hybridized carbons (Fsp3) is 0.467. The second-order valence-corrected chi connectivity index (χ2v) is 5.69. The van der Waals surface area contributed by atoms with Crippen molar-refractivity contribution in [2.24, 2.45) is 5.92 Å². The Kier molecular flexibility index (Phi) is 3.39. The van der Waals surface area contributed by atoms with Gasteiger partial charge >= 0.3 is 0 Å². The van der Waals surface area contributed by atoms with Gasteiger partial charge in [0.2, 0.25) is 11.8 Å². The Hall–Kier alpha value is -1.98. The molecule has 1 saturated heterocycles. The number of piperazine rings is 1. The van der Waals surface area contributed by atoms with Gasteiger partial charge in [-0.2, -0.15) is 0 Å². The minimum atomic E-state index is -0.960. The second-order valence-electron chi connectivity index (χ2n) is 5.69. The first-order valence-electron chi connectivity index (χ1n) is 7.03. The Morgan fingerprint density at radius 2 is 2.00 bits per heavy atom. The molecule has 112 valence electrons. The van der Waals surface area contributed by atoms with Crippen LogP contribution >= 0.6 is 0 Å². The lowest BCUT2D eigenvalue weighted by atomic mass is 10.0. The van der Waals surface area contributed by atoms with Crippen molar-refractivity contribution < 1.29 is 18.4 Å². The quantitative estimate of drug-likeness (QED) is 0.920. The molecule has 1 N–H and O–H groups in total. The van der Waals surface area contributed by atoms with Gasteiger partial charge in [-0.25, -0.2) is 8.78 Å². The number of benzene rings is 1. The number of rotatable bonds is 3. The molecule has 21 heavy (non-hydrogen) atoms. The van der Waals surface area contributed by atoms with Crippen molar-refractivity contribution in [2.45, 2.75) is 38.4 Å². The van der Waals surface area contributed by atoms with E-state index >= 15 is 0 Å². The highest BCUT2D eigenvalue weighted by atomic mass is 19.2. The molecular weight excluding hydrogens is 278 g/mol. The normalized spacial score (nSPS) is 26.0. The lowest BCUT2D eigenvalue weighted by Gasteiger charge is -2.38. The van der Waals surface area contributed by atoms with E-state index in [1.807, 2.05) is 0 Å². The molecule has 1 aliphatic heterocycles. The third-order valence-electron chi connectivity index (χ3n) is 4.06. The van der Waals surface area contributed by atoms with Crippen LogP contribution in [0.3, 0.4) is 0 Å². The molecule has 2 fully saturated rings. The van der Waals surface area contributed by atoms with Gasteiger partial charge in [0.1, 0.15) is 12.1 Å². The predicted molar refractivity (Wildman–Crippen MR) is 71.0 cm³/mol. The van der Waals surface area contributed by atoms with Crippen molar-refractivity contribution in [1.29, 1.82) is 0 Å². The molecule has 2 unspecified atom stereocenters. The number of carbonyl (C=O) groups is 2. The van der Waals surface area contributed by atoms with E-state index in [1.54, 1.807) is 6.92 Å². The van der Waals surface area contributed by atoms with Crippen molar-refractivity contribution in [2.75, 3.05) is 0 Å². The molecule has 2 amide bonds. The Balaban J connectivity index is 1.91. The van der Waals surface area contributed by atoms with Gasteiger partial charge in [-0.05, 0) is 31.7 Å². The summed E-state index contributed by atoms with van der Waals surface area (Å²) < 4.78 is 27.1. The van der Waals surface area contributed by atoms with Gasteiger partial charge in [-0.15, -0.1) is 0 Å². The molecule has 2 atom stereocenters. The SMILES string of the molecule is CC1NC(=O)C(C2CC2)N(Cc2cccc(F)c2F)C1=O. The molecule has 0 aromatic heterocycles. The number of halogens is 2. The molecule has 0 radical (unpaired) electrons. The van der Waals surface area contributed by atoms with Crippen molar-refractivity contribution in [3.05, 3.63) is 35.4 Å². The van der Waals surface area contributed by atoms with Crippen LogP contribution in [-0.4, -0.2) is 28.8 Å². The smallest absolute Gasteiger partial charge is 0.245 e. The van der Waals surface area contributed by atoms with Crippen molar-refractivity contribution in [3.63, 3.8) is 0 Å². The monoisotopic (exact) mass is 294 g/mol. The molecule has 0 bridgehead atoms. The number of nitrogens with zero attached hydrogens (tertiary/aromatic N) is 1. The van der Waals surface area contributed by atoms with E-state index in [4.69, 9.17) is 0 Å². The van der Waals surface area contributed by atoms with Crippen LogP contribution in [0.5, 0.6) is 0 Å². The molecule has 1 aromatic carbocycles. The van der Waals surface area contributed by atoms with E-state index < -0.39 is 23.7 Å². The standard InChI is InChI=1S/C15H16F2N2O2/c1-8-15(21)19(13(9-5-6-9)14(20)18-8)7-10-3-2-4-11(16)12(10)17/h2-4,8-9,13H,5-7H2,1H3,(H,18,20). The van der Waals surface area contributed by atoms with Crippen LogP contribution in [0.4, 0.5) is 8.78 Å². The van der Waals surface area contributed by atoms with E-state index in [0.717, 1.165) is 18.9 Å².